The van der Waals surface area contributed by atoms with Crippen molar-refractivity contribution in [2.45, 2.75) is 18.6 Å². The minimum atomic E-state index is -0.446. The Morgan fingerprint density at radius 3 is 2.86 bits per heavy atom. The first-order valence-electron chi connectivity index (χ1n) is 6.99. The first-order valence-corrected chi connectivity index (χ1v) is 6.99. The van der Waals surface area contributed by atoms with Crippen LogP contribution in [0.3, 0.4) is 0 Å². The van der Waals surface area contributed by atoms with Crippen molar-refractivity contribution in [2.75, 3.05) is 44.9 Å². The van der Waals surface area contributed by atoms with Crippen LogP contribution in [-0.4, -0.2) is 62.4 Å². The number of nitrogens with two attached hydrogens (primary N) is 1. The first-order chi connectivity index (χ1) is 9.92. The smallest absolute Gasteiger partial charge is 0.340 e. The summed E-state index contributed by atoms with van der Waals surface area (Å²) in [6.45, 7) is 1.40. The Balaban J connectivity index is 2.29. The van der Waals surface area contributed by atoms with Crippen LogP contribution in [0.2, 0.25) is 0 Å². The molecule has 3 N–H and O–H groups in total. The number of ether oxygens (including phenoxy) is 1. The van der Waals surface area contributed by atoms with Crippen LogP contribution in [0, 0.1) is 0 Å². The van der Waals surface area contributed by atoms with E-state index in [9.17, 15) is 9.90 Å². The number of hydrogen-bond donors (Lipinski definition) is 2. The van der Waals surface area contributed by atoms with Gasteiger partial charge in [-0.2, -0.15) is 0 Å². The van der Waals surface area contributed by atoms with E-state index in [2.05, 4.69) is 9.80 Å². The van der Waals surface area contributed by atoms with Gasteiger partial charge in [-0.3, -0.25) is 0 Å². The van der Waals surface area contributed by atoms with E-state index >= 15 is 0 Å². The highest BCUT2D eigenvalue weighted by Gasteiger charge is 2.31. The molecule has 0 bridgehead atoms. The van der Waals surface area contributed by atoms with Gasteiger partial charge in [-0.1, -0.05) is 0 Å². The van der Waals surface area contributed by atoms with Gasteiger partial charge in [0, 0.05) is 30.5 Å². The normalized spacial score (nSPS) is 21.9. The molecular formula is C15H23N3O3. The Morgan fingerprint density at radius 1 is 1.52 bits per heavy atom. The van der Waals surface area contributed by atoms with Gasteiger partial charge in [0.2, 0.25) is 0 Å². The average Bonchev–Trinajstić information content (AvgIpc) is 2.78. The van der Waals surface area contributed by atoms with Gasteiger partial charge in [0.25, 0.3) is 0 Å². The zero-order chi connectivity index (χ0) is 15.6. The van der Waals surface area contributed by atoms with Crippen LogP contribution in [0.15, 0.2) is 18.2 Å². The van der Waals surface area contributed by atoms with Crippen molar-refractivity contribution in [3.63, 3.8) is 0 Å². The molecule has 1 saturated heterocycles. The molecule has 1 aliphatic heterocycles. The van der Waals surface area contributed by atoms with E-state index in [0.717, 1.165) is 18.7 Å². The third-order valence-electron chi connectivity index (χ3n) is 3.74. The van der Waals surface area contributed by atoms with E-state index in [1.54, 1.807) is 12.1 Å². The number of benzene rings is 1. The number of methoxy groups -OCH3 is 1. The summed E-state index contributed by atoms with van der Waals surface area (Å²) in [6.07, 6.45) is 0.366. The van der Waals surface area contributed by atoms with Gasteiger partial charge in [0.1, 0.15) is 0 Å². The number of carbonyl (C=O) groups excluding carboxylic acids is 1. The molecule has 6 nitrogen and oxygen atoms in total. The molecule has 0 aliphatic carbocycles. The number of rotatable bonds is 4. The Labute approximate surface area is 125 Å². The van der Waals surface area contributed by atoms with E-state index in [0.29, 0.717) is 17.8 Å². The topological polar surface area (TPSA) is 79.0 Å². The summed E-state index contributed by atoms with van der Waals surface area (Å²) < 4.78 is 4.75. The molecule has 1 aromatic carbocycles. The molecule has 2 atom stereocenters. The van der Waals surface area contributed by atoms with E-state index in [1.165, 1.54) is 7.11 Å². The lowest BCUT2D eigenvalue weighted by atomic mass is 10.1. The predicted molar refractivity (Wildman–Crippen MR) is 82.5 cm³/mol. The van der Waals surface area contributed by atoms with Gasteiger partial charge >= 0.3 is 5.97 Å². The van der Waals surface area contributed by atoms with Crippen molar-refractivity contribution in [3.05, 3.63) is 23.8 Å². The molecule has 1 aliphatic rings. The maximum Gasteiger partial charge on any atom is 0.340 e. The largest absolute Gasteiger partial charge is 0.465 e. The van der Waals surface area contributed by atoms with Crippen LogP contribution in [0.1, 0.15) is 16.8 Å². The van der Waals surface area contributed by atoms with Crippen LogP contribution >= 0.6 is 0 Å². The van der Waals surface area contributed by atoms with Crippen LogP contribution in [0.5, 0.6) is 0 Å². The fourth-order valence-electron chi connectivity index (χ4n) is 2.81. The van der Waals surface area contributed by atoms with Gasteiger partial charge < -0.3 is 25.4 Å². The van der Waals surface area contributed by atoms with E-state index in [-0.39, 0.29) is 12.1 Å². The van der Waals surface area contributed by atoms with Crippen molar-refractivity contribution >= 4 is 17.3 Å². The number of likely N-dealkylation sites (N-methyl/N-ethyl adjacent to an activating group) is 1. The Kier molecular flexibility index (Phi) is 4.69. The molecule has 0 spiro atoms. The highest BCUT2D eigenvalue weighted by Crippen LogP contribution is 2.29. The van der Waals surface area contributed by atoms with Crippen LogP contribution < -0.4 is 10.6 Å². The van der Waals surface area contributed by atoms with Gasteiger partial charge in [-0.15, -0.1) is 0 Å². The molecule has 2 unspecified atom stereocenters. The number of carbonyl (C=O) groups is 1. The van der Waals surface area contributed by atoms with Gasteiger partial charge in [0.05, 0.1) is 18.8 Å². The molecule has 0 radical (unpaired) electrons. The quantitative estimate of drug-likeness (QED) is 0.624. The van der Waals surface area contributed by atoms with Crippen molar-refractivity contribution in [1.29, 1.82) is 0 Å². The van der Waals surface area contributed by atoms with E-state index in [4.69, 9.17) is 10.5 Å². The molecule has 1 heterocycles. The van der Waals surface area contributed by atoms with Crippen LogP contribution in [0.25, 0.3) is 0 Å². The summed E-state index contributed by atoms with van der Waals surface area (Å²) in [5, 5.41) is 9.95. The summed E-state index contributed by atoms with van der Waals surface area (Å²) in [7, 11) is 5.35. The molecule has 0 saturated carbocycles. The fraction of sp³-hybridized carbons (Fsp3) is 0.533. The summed E-state index contributed by atoms with van der Waals surface area (Å²) in [6, 6.07) is 5.53. The molecule has 116 valence electrons. The highest BCUT2D eigenvalue weighted by atomic mass is 16.5. The Hall–Kier alpha value is -1.79. The second-order valence-corrected chi connectivity index (χ2v) is 5.72. The number of nitrogen functional groups attached to an aromatic ring is 1. The number of esters is 1. The third kappa shape index (κ3) is 3.46. The molecular weight excluding hydrogens is 270 g/mol. The van der Waals surface area contributed by atoms with Crippen molar-refractivity contribution in [2.24, 2.45) is 0 Å². The van der Waals surface area contributed by atoms with Crippen molar-refractivity contribution in [1.82, 2.24) is 4.90 Å². The van der Waals surface area contributed by atoms with Gasteiger partial charge in [-0.25, -0.2) is 4.79 Å². The maximum atomic E-state index is 11.7. The minimum absolute atomic E-state index is 0.212. The third-order valence-corrected chi connectivity index (χ3v) is 3.74. The van der Waals surface area contributed by atoms with Crippen LogP contribution in [0.4, 0.5) is 11.4 Å². The molecule has 0 aromatic heterocycles. The fourth-order valence-corrected chi connectivity index (χ4v) is 2.81. The molecule has 0 amide bonds. The average molecular weight is 293 g/mol. The SMILES string of the molecule is COC(=O)c1cc(N2CC(O)CC2CN(C)C)ccc1N. The first kappa shape index (κ1) is 15.6. The van der Waals surface area contributed by atoms with Crippen molar-refractivity contribution in [3.8, 4) is 0 Å². The standard InChI is InChI=1S/C15H23N3O3/c1-17(2)8-11-6-12(19)9-18(11)10-4-5-14(16)13(7-10)15(20)21-3/h4-5,7,11-12,19H,6,8-9,16H2,1-3H3. The van der Waals surface area contributed by atoms with Crippen molar-refractivity contribution < 1.29 is 14.6 Å². The summed E-state index contributed by atoms with van der Waals surface area (Å²) in [4.78, 5) is 16.0. The molecule has 6 heteroatoms. The van der Waals surface area contributed by atoms with E-state index < -0.39 is 5.97 Å². The molecule has 1 aromatic rings. The monoisotopic (exact) mass is 293 g/mol. The zero-order valence-corrected chi connectivity index (χ0v) is 12.7. The molecule has 1 fully saturated rings. The van der Waals surface area contributed by atoms with E-state index in [1.807, 2.05) is 20.2 Å². The Bertz CT molecular complexity index is 519. The second-order valence-electron chi connectivity index (χ2n) is 5.72. The second kappa shape index (κ2) is 6.32. The summed E-state index contributed by atoms with van der Waals surface area (Å²) in [5.41, 5.74) is 7.47. The molecule has 2 rings (SSSR count). The number of hydrogen-bond acceptors (Lipinski definition) is 6. The number of nitrogens with zero attached hydrogens (tertiary/aromatic N) is 2. The number of β-amino-alcohol motifs (C(OH)–C–C–N with tert-alkyl or cyclic N) is 1. The highest BCUT2D eigenvalue weighted by molar-refractivity contribution is 5.96. The summed E-state index contributed by atoms with van der Waals surface area (Å²) in [5.74, 6) is -0.446. The number of aliphatic hydroxyl groups is 1. The number of aliphatic hydroxyl groups excluding tert-OH is 1. The minimum Gasteiger partial charge on any atom is -0.465 e. The Morgan fingerprint density at radius 2 is 2.24 bits per heavy atom. The van der Waals surface area contributed by atoms with Crippen LogP contribution in [-0.2, 0) is 4.74 Å². The lowest BCUT2D eigenvalue weighted by Gasteiger charge is -2.29. The molecule has 21 heavy (non-hydrogen) atoms. The lowest BCUT2D eigenvalue weighted by molar-refractivity contribution is 0.0602. The summed E-state index contributed by atoms with van der Waals surface area (Å²) >= 11 is 0. The zero-order valence-electron chi connectivity index (χ0n) is 12.7. The van der Waals surface area contributed by atoms with Gasteiger partial charge in [-0.05, 0) is 38.7 Å². The number of anilines is 2. The van der Waals surface area contributed by atoms with Gasteiger partial charge in [0.15, 0.2) is 0 Å². The maximum absolute atomic E-state index is 11.7. The predicted octanol–water partition coefficient (Wildman–Crippen LogP) is 0.557. The lowest BCUT2D eigenvalue weighted by Crippen LogP contribution is -2.37.